The summed E-state index contributed by atoms with van der Waals surface area (Å²) in [4.78, 5) is 42.0. The lowest BCUT2D eigenvalue weighted by atomic mass is 9.81. The van der Waals surface area contributed by atoms with Crippen LogP contribution in [0.5, 0.6) is 0 Å². The third-order valence-corrected chi connectivity index (χ3v) is 9.30. The van der Waals surface area contributed by atoms with Crippen LogP contribution in [0.15, 0.2) is 0 Å². The van der Waals surface area contributed by atoms with Crippen LogP contribution in [0, 0.1) is 23.7 Å². The van der Waals surface area contributed by atoms with Crippen molar-refractivity contribution in [3.05, 3.63) is 0 Å². The molecule has 4 rings (SSSR count). The summed E-state index contributed by atoms with van der Waals surface area (Å²) in [6.07, 6.45) is 0.901. The van der Waals surface area contributed by atoms with Crippen LogP contribution in [0.1, 0.15) is 13.3 Å². The van der Waals surface area contributed by atoms with Crippen molar-refractivity contribution in [2.24, 2.45) is 23.7 Å². The molecule has 0 unspecified atom stereocenters. The van der Waals surface area contributed by atoms with Gasteiger partial charge in [-0.3, -0.25) is 19.3 Å². The number of carbonyl (C=O) groups excluding carboxylic acids is 3. The monoisotopic (exact) mass is 462 g/mol. The highest BCUT2D eigenvalue weighted by atomic mass is 79.9. The molecule has 2 saturated carbocycles. The summed E-state index contributed by atoms with van der Waals surface area (Å²) in [5, 5.41) is 0. The van der Waals surface area contributed by atoms with E-state index in [0.717, 1.165) is 6.42 Å². The second-order valence-corrected chi connectivity index (χ2v) is 9.28. The lowest BCUT2D eigenvalue weighted by Crippen LogP contribution is -2.52. The Bertz CT molecular complexity index is 563. The van der Waals surface area contributed by atoms with Gasteiger partial charge in [-0.25, -0.2) is 0 Å². The van der Waals surface area contributed by atoms with E-state index in [1.54, 1.807) is 11.8 Å². The maximum absolute atomic E-state index is 12.9. The van der Waals surface area contributed by atoms with E-state index in [-0.39, 0.29) is 51.0 Å². The van der Waals surface area contributed by atoms with Crippen molar-refractivity contribution in [2.45, 2.75) is 29.0 Å². The molecular formula is C16H20Br2N2O4. The van der Waals surface area contributed by atoms with Gasteiger partial charge < -0.3 is 9.64 Å². The number of ether oxygens (including phenoxy) is 1. The maximum atomic E-state index is 12.9. The van der Waals surface area contributed by atoms with Crippen LogP contribution in [0.3, 0.4) is 0 Å². The molecule has 2 aliphatic heterocycles. The minimum Gasteiger partial charge on any atom is -0.378 e. The zero-order chi connectivity index (χ0) is 17.2. The summed E-state index contributed by atoms with van der Waals surface area (Å²) < 4.78 is 5.27. The topological polar surface area (TPSA) is 66.9 Å². The number of rotatable bonds is 2. The fraction of sp³-hybridized carbons (Fsp3) is 0.812. The number of likely N-dealkylation sites (tertiary alicyclic amines) is 1. The van der Waals surface area contributed by atoms with E-state index in [1.165, 1.54) is 4.90 Å². The van der Waals surface area contributed by atoms with Crippen LogP contribution in [-0.4, -0.2) is 69.5 Å². The van der Waals surface area contributed by atoms with Crippen LogP contribution >= 0.6 is 31.9 Å². The molecule has 24 heavy (non-hydrogen) atoms. The summed E-state index contributed by atoms with van der Waals surface area (Å²) >= 11 is 7.35. The van der Waals surface area contributed by atoms with Gasteiger partial charge in [-0.1, -0.05) is 31.9 Å². The number of alkyl halides is 2. The van der Waals surface area contributed by atoms with Gasteiger partial charge in [0, 0.05) is 22.7 Å². The Morgan fingerprint density at radius 1 is 1.08 bits per heavy atom. The van der Waals surface area contributed by atoms with Crippen molar-refractivity contribution in [2.75, 3.05) is 26.3 Å². The standard InChI is InChI=1S/C16H20Br2N2O4/c1-7(14(21)19-2-4-24-5-3-19)20-15(22)10-8-6-9(11(10)16(20)23)13(18)12(8)17/h7-13H,2-6H2,1H3/t7-,8-,9-,10-,11+,12-,13+/m1/s1. The molecule has 132 valence electrons. The fourth-order valence-corrected chi connectivity index (χ4v) is 6.79. The zero-order valence-electron chi connectivity index (χ0n) is 13.4. The fourth-order valence-electron chi connectivity index (χ4n) is 4.91. The molecule has 0 aromatic heterocycles. The van der Waals surface area contributed by atoms with E-state index in [0.29, 0.717) is 26.3 Å². The Balaban J connectivity index is 1.56. The first-order valence-corrected chi connectivity index (χ1v) is 10.3. The van der Waals surface area contributed by atoms with Gasteiger partial charge in [0.2, 0.25) is 17.7 Å². The molecular weight excluding hydrogens is 444 g/mol. The number of nitrogens with zero attached hydrogens (tertiary/aromatic N) is 2. The molecule has 2 saturated heterocycles. The zero-order valence-corrected chi connectivity index (χ0v) is 16.5. The third-order valence-electron chi connectivity index (χ3n) is 6.09. The number of fused-ring (bicyclic) bond motifs is 5. The molecule has 2 heterocycles. The first kappa shape index (κ1) is 17.0. The molecule has 6 nitrogen and oxygen atoms in total. The minimum atomic E-state index is -0.726. The van der Waals surface area contributed by atoms with Crippen LogP contribution in [-0.2, 0) is 19.1 Å². The number of imide groups is 1. The van der Waals surface area contributed by atoms with E-state index >= 15 is 0 Å². The quantitative estimate of drug-likeness (QED) is 0.452. The smallest absolute Gasteiger partial charge is 0.245 e. The summed E-state index contributed by atoms with van der Waals surface area (Å²) in [7, 11) is 0. The molecule has 7 atom stereocenters. The predicted octanol–water partition coefficient (Wildman–Crippen LogP) is 1.01. The predicted molar refractivity (Wildman–Crippen MR) is 92.7 cm³/mol. The number of hydrogen-bond donors (Lipinski definition) is 0. The normalized spacial score (nSPS) is 42.6. The maximum Gasteiger partial charge on any atom is 0.245 e. The molecule has 8 heteroatoms. The molecule has 2 aliphatic carbocycles. The van der Waals surface area contributed by atoms with E-state index < -0.39 is 6.04 Å². The summed E-state index contributed by atoms with van der Waals surface area (Å²) in [5.41, 5.74) is 0. The first-order chi connectivity index (χ1) is 11.4. The number of halogens is 2. The van der Waals surface area contributed by atoms with Gasteiger partial charge in [0.25, 0.3) is 0 Å². The van der Waals surface area contributed by atoms with Crippen LogP contribution < -0.4 is 0 Å². The van der Waals surface area contributed by atoms with Crippen molar-refractivity contribution < 1.29 is 19.1 Å². The van der Waals surface area contributed by atoms with Gasteiger partial charge in [-0.2, -0.15) is 0 Å². The van der Waals surface area contributed by atoms with E-state index in [4.69, 9.17) is 4.74 Å². The summed E-state index contributed by atoms with van der Waals surface area (Å²) in [5.74, 6) is -0.640. The second-order valence-electron chi connectivity index (χ2n) is 7.16. The number of amides is 3. The van der Waals surface area contributed by atoms with Crippen LogP contribution in [0.4, 0.5) is 0 Å². The molecule has 0 aromatic rings. The van der Waals surface area contributed by atoms with Crippen molar-refractivity contribution in [3.63, 3.8) is 0 Å². The Hall–Kier alpha value is -0.470. The van der Waals surface area contributed by atoms with Crippen LogP contribution in [0.25, 0.3) is 0 Å². The summed E-state index contributed by atoms with van der Waals surface area (Å²) in [6, 6.07) is -0.726. The third kappa shape index (κ3) is 2.25. The number of carbonyl (C=O) groups is 3. The lowest BCUT2D eigenvalue weighted by molar-refractivity contribution is -0.153. The largest absolute Gasteiger partial charge is 0.378 e. The SMILES string of the molecule is C[C@H](C(=O)N1CCOCC1)N1C(=O)[C@@H]2[C@H]3C[C@@H]([C@H](Br)[C@@H]3Br)[C@@H]2C1=O. The Labute approximate surface area is 157 Å². The highest BCUT2D eigenvalue weighted by Gasteiger charge is 2.67. The minimum absolute atomic E-state index is 0.155. The Morgan fingerprint density at radius 3 is 2.08 bits per heavy atom. The highest BCUT2D eigenvalue weighted by Crippen LogP contribution is 2.60. The van der Waals surface area contributed by atoms with Crippen molar-refractivity contribution >= 4 is 49.6 Å². The van der Waals surface area contributed by atoms with Crippen molar-refractivity contribution in [1.82, 2.24) is 9.80 Å². The molecule has 4 fully saturated rings. The van der Waals surface area contributed by atoms with Crippen molar-refractivity contribution in [3.8, 4) is 0 Å². The highest BCUT2D eigenvalue weighted by molar-refractivity contribution is 9.12. The average molecular weight is 464 g/mol. The average Bonchev–Trinajstić information content (AvgIpc) is 3.19. The van der Waals surface area contributed by atoms with Gasteiger partial charge in [0.15, 0.2) is 0 Å². The van der Waals surface area contributed by atoms with Gasteiger partial charge in [0.1, 0.15) is 6.04 Å². The summed E-state index contributed by atoms with van der Waals surface area (Å²) in [6.45, 7) is 3.72. The van der Waals surface area contributed by atoms with E-state index in [1.807, 2.05) is 0 Å². The molecule has 2 bridgehead atoms. The molecule has 4 aliphatic rings. The van der Waals surface area contributed by atoms with E-state index in [9.17, 15) is 14.4 Å². The van der Waals surface area contributed by atoms with Gasteiger partial charge in [-0.15, -0.1) is 0 Å². The lowest BCUT2D eigenvalue weighted by Gasteiger charge is -2.32. The molecule has 0 N–H and O–H groups in total. The first-order valence-electron chi connectivity index (χ1n) is 8.45. The Kier molecular flexibility index (Phi) is 4.28. The second kappa shape index (κ2) is 6.06. The van der Waals surface area contributed by atoms with Gasteiger partial charge in [-0.05, 0) is 25.2 Å². The van der Waals surface area contributed by atoms with Crippen LogP contribution in [0.2, 0.25) is 0 Å². The number of morpholine rings is 1. The Morgan fingerprint density at radius 2 is 1.58 bits per heavy atom. The van der Waals surface area contributed by atoms with Gasteiger partial charge >= 0.3 is 0 Å². The van der Waals surface area contributed by atoms with E-state index in [2.05, 4.69) is 31.9 Å². The molecule has 0 radical (unpaired) electrons. The van der Waals surface area contributed by atoms with Crippen molar-refractivity contribution in [1.29, 1.82) is 0 Å². The molecule has 0 spiro atoms. The van der Waals surface area contributed by atoms with Gasteiger partial charge in [0.05, 0.1) is 25.0 Å². The molecule has 3 amide bonds. The number of hydrogen-bond acceptors (Lipinski definition) is 4. The molecule has 0 aromatic carbocycles.